The second kappa shape index (κ2) is 29.6. The fourth-order valence-electron chi connectivity index (χ4n) is 22.8. The molecule has 18 heteroatoms. The van der Waals surface area contributed by atoms with Gasteiger partial charge >= 0.3 is 0 Å². The van der Waals surface area contributed by atoms with E-state index >= 15 is 0 Å². The van der Waals surface area contributed by atoms with Crippen LogP contribution in [0.4, 0.5) is 0 Å². The van der Waals surface area contributed by atoms with E-state index in [9.17, 15) is 0 Å². The van der Waals surface area contributed by atoms with Gasteiger partial charge in [0, 0.05) is 55.8 Å². The van der Waals surface area contributed by atoms with Crippen LogP contribution in [0.15, 0.2) is 461 Å². The van der Waals surface area contributed by atoms with E-state index in [4.69, 9.17) is 34.9 Å². The third kappa shape index (κ3) is 11.0. The van der Waals surface area contributed by atoms with Gasteiger partial charge in [0.25, 0.3) is 0 Å². The van der Waals surface area contributed by atoms with Crippen LogP contribution in [-0.4, -0.2) is 91.6 Å². The van der Waals surface area contributed by atoms with Crippen LogP contribution in [0.5, 0.6) is 0 Å². The highest BCUT2D eigenvalue weighted by atomic mass is 28.3. The van der Waals surface area contributed by atoms with Crippen molar-refractivity contribution in [2.75, 3.05) is 0 Å². The lowest BCUT2D eigenvalue weighted by molar-refractivity contribution is 0.982. The van der Waals surface area contributed by atoms with Gasteiger partial charge < -0.3 is 9.13 Å². The van der Waals surface area contributed by atoms with Gasteiger partial charge in [-0.15, -0.1) is 0 Å². The molecular formula is C119H76N16Si2. The molecular weight excluding hydrogens is 1710 g/mol. The second-order valence-electron chi connectivity index (χ2n) is 35.6. The standard InChI is InChI=1S/C119H76N16Si2/c1-5-38-80(39-6-1)136(81-40-7-2-8-41-81,84-46-33-36-78(73-84)127-95-56-20-13-48-87(95)88-49-14-21-57-96(88)127)115-123-110(75-111(124-115)133-106-66-30-27-63-103(106)130-100-61-25-18-54-92(100)120-117(130)133)129-99-60-24-17-52-91(99)114-86(53-35-69-109(114)129)77-70-71-102-94(72-77)122-119-132(102)105-65-29-32-68-108(105)135(119)113-76-112(134-107-67-31-28-64-104(107)131-101-62-26-19-55-93(101)121-118(131)134)125-116(126-113)137(82-42-9-3-10-43-82,83-44-11-4-12-45-83)85-47-34-37-79(74-85)128-97-58-22-15-50-89(97)90-51-16-23-59-98(90)128/h1-76H. The molecule has 0 radical (unpaired) electrons. The van der Waals surface area contributed by atoms with Crippen LogP contribution in [0.1, 0.15) is 0 Å². The SMILES string of the molecule is c1ccc([Si](c2ccccc2)(c2cccc(-n3c4ccccc4c4ccccc43)c2)c2nc(-n3c4ccccc4c4c(-c5ccc6c(c5)nc5n(-c7cc(-n8c9ccccc9n9c%10ccccc%10nc89)nc([Si](c8ccccc8)(c8ccccc8)c8cccc(-n9c%10ccccc%10c%10ccccc%109)c8)n7)c7ccccc7n65)cccc43)cc(-n3c4ccccc4n4c5ccccc5nc34)n2)cc1. The summed E-state index contributed by atoms with van der Waals surface area (Å²) in [5.41, 5.74) is 23.3. The van der Waals surface area contributed by atoms with Crippen LogP contribution in [0.25, 0.3) is 195 Å². The Balaban J connectivity index is 0.665. The number of benzene rings is 18. The van der Waals surface area contributed by atoms with Gasteiger partial charge in [0.1, 0.15) is 34.2 Å². The summed E-state index contributed by atoms with van der Waals surface area (Å²) in [7, 11) is -7.50. The molecule has 16 nitrogen and oxygen atoms in total. The predicted octanol–water partition coefficient (Wildman–Crippen LogP) is 21.2. The number of nitrogens with zero attached hydrogens (tertiary/aromatic N) is 16. The van der Waals surface area contributed by atoms with Gasteiger partial charge in [-0.2, -0.15) is 0 Å². The van der Waals surface area contributed by atoms with E-state index in [1.165, 1.54) is 21.5 Å². The Kier molecular flexibility index (Phi) is 16.5. The van der Waals surface area contributed by atoms with Crippen LogP contribution in [0.3, 0.4) is 0 Å². The summed E-state index contributed by atoms with van der Waals surface area (Å²) < 4.78 is 20.9. The van der Waals surface area contributed by atoms with Gasteiger partial charge in [0.15, 0.2) is 0 Å². The van der Waals surface area contributed by atoms with Crippen molar-refractivity contribution in [3.8, 4) is 45.8 Å². The highest BCUT2D eigenvalue weighted by molar-refractivity contribution is 7.20. The second-order valence-corrected chi connectivity index (χ2v) is 42.9. The zero-order valence-corrected chi connectivity index (χ0v) is 75.5. The molecule has 137 heavy (non-hydrogen) atoms. The number of hydrogen-bond acceptors (Lipinski definition) is 7. The van der Waals surface area contributed by atoms with Gasteiger partial charge in [0.05, 0.1) is 99.3 Å². The topological polar surface area (TPSA) is 133 Å². The summed E-state index contributed by atoms with van der Waals surface area (Å²) >= 11 is 0. The molecule has 640 valence electrons. The van der Waals surface area contributed by atoms with Crippen molar-refractivity contribution in [1.82, 2.24) is 75.5 Å². The number of rotatable bonds is 15. The molecule has 0 amide bonds. The molecule has 0 fully saturated rings. The Morgan fingerprint density at radius 2 is 0.453 bits per heavy atom. The number of fused-ring (bicyclic) bond motifs is 24. The van der Waals surface area contributed by atoms with Crippen LogP contribution >= 0.6 is 0 Å². The van der Waals surface area contributed by atoms with E-state index in [-0.39, 0.29) is 0 Å². The largest absolute Gasteiger partial charge is 0.309 e. The van der Waals surface area contributed by atoms with Crippen LogP contribution < -0.4 is 42.0 Å². The molecule has 0 saturated carbocycles. The zero-order valence-electron chi connectivity index (χ0n) is 73.5. The van der Waals surface area contributed by atoms with Crippen LogP contribution in [0.2, 0.25) is 0 Å². The zero-order chi connectivity index (χ0) is 89.7. The van der Waals surface area contributed by atoms with E-state index in [2.05, 4.69) is 502 Å². The first-order chi connectivity index (χ1) is 68.0. The first kappa shape index (κ1) is 76.5. The maximum Gasteiger partial charge on any atom is 0.226 e. The Hall–Kier alpha value is -18.2. The Morgan fingerprint density at radius 1 is 0.168 bits per heavy atom. The quantitative estimate of drug-likeness (QED) is 0.0737. The van der Waals surface area contributed by atoms with Gasteiger partial charge in [-0.05, 0) is 176 Å². The molecule has 0 N–H and O–H groups in total. The molecule has 0 aliphatic carbocycles. The summed E-state index contributed by atoms with van der Waals surface area (Å²) in [4.78, 5) is 42.0. The van der Waals surface area contributed by atoms with E-state index < -0.39 is 16.1 Å². The summed E-state index contributed by atoms with van der Waals surface area (Å²) in [6.07, 6.45) is 0. The molecule has 0 unspecified atom stereocenters. The van der Waals surface area contributed by atoms with Crippen molar-refractivity contribution in [1.29, 1.82) is 0 Å². The molecule has 11 aromatic heterocycles. The highest BCUT2D eigenvalue weighted by Crippen LogP contribution is 2.43. The molecule has 29 aromatic rings. The maximum atomic E-state index is 6.29. The molecule has 0 aliphatic rings. The smallest absolute Gasteiger partial charge is 0.226 e. The van der Waals surface area contributed by atoms with Crippen molar-refractivity contribution in [3.05, 3.63) is 461 Å². The summed E-state index contributed by atoms with van der Waals surface area (Å²) in [5, 5.41) is 13.6. The van der Waals surface area contributed by atoms with Crippen LogP contribution in [0, 0.1) is 0 Å². The Bertz CT molecular complexity index is 9870. The number of hydrogen-bond donors (Lipinski definition) is 0. The van der Waals surface area contributed by atoms with E-state index in [0.29, 0.717) is 39.9 Å². The van der Waals surface area contributed by atoms with Crippen molar-refractivity contribution in [3.63, 3.8) is 0 Å². The third-order valence-corrected chi connectivity index (χ3v) is 37.4. The fourth-order valence-corrected chi connectivity index (χ4v) is 31.7. The minimum absolute atomic E-state index is 0.641. The minimum Gasteiger partial charge on any atom is -0.309 e. The maximum absolute atomic E-state index is 6.29. The van der Waals surface area contributed by atoms with Gasteiger partial charge in [0.2, 0.25) is 33.5 Å². The molecule has 0 saturated heterocycles. The Labute approximate surface area is 784 Å². The van der Waals surface area contributed by atoms with E-state index in [1.807, 2.05) is 0 Å². The van der Waals surface area contributed by atoms with Crippen molar-refractivity contribution < 1.29 is 0 Å². The fraction of sp³-hybridized carbons (Fsp3) is 0. The van der Waals surface area contributed by atoms with Crippen molar-refractivity contribution >= 4 is 207 Å². The number of para-hydroxylation sites is 15. The summed E-state index contributed by atoms with van der Waals surface area (Å²) in [5.74, 6) is 4.83. The molecule has 18 aromatic carbocycles. The third-order valence-electron chi connectivity index (χ3n) is 28.5. The van der Waals surface area contributed by atoms with E-state index in [1.54, 1.807) is 0 Å². The highest BCUT2D eigenvalue weighted by Gasteiger charge is 2.48. The van der Waals surface area contributed by atoms with Gasteiger partial charge in [-0.1, -0.05) is 315 Å². The average molecular weight is 1790 g/mol. The lowest BCUT2D eigenvalue weighted by atomic mass is 9.99. The lowest BCUT2D eigenvalue weighted by Gasteiger charge is -2.33. The number of aromatic nitrogens is 16. The summed E-state index contributed by atoms with van der Waals surface area (Å²) in [6.45, 7) is 0. The molecule has 0 atom stereocenters. The molecule has 11 heterocycles. The molecule has 29 rings (SSSR count). The number of imidazole rings is 6. The monoisotopic (exact) mass is 1780 g/mol. The average Bonchev–Trinajstić information content (AvgIpc) is 0.833. The normalized spacial score (nSPS) is 12.4. The molecule has 0 aliphatic heterocycles. The van der Waals surface area contributed by atoms with Crippen LogP contribution in [-0.2, 0) is 0 Å². The van der Waals surface area contributed by atoms with E-state index in [0.717, 1.165) is 175 Å². The lowest BCUT2D eigenvalue weighted by Crippen LogP contribution is -2.76. The van der Waals surface area contributed by atoms with Gasteiger partial charge in [-0.3, -0.25) is 31.5 Å². The van der Waals surface area contributed by atoms with Crippen molar-refractivity contribution in [2.45, 2.75) is 0 Å². The minimum atomic E-state index is -3.76. The first-order valence-electron chi connectivity index (χ1n) is 46.4. The first-order valence-corrected chi connectivity index (χ1v) is 50.4. The molecule has 0 bridgehead atoms. The predicted molar refractivity (Wildman–Crippen MR) is 563 cm³/mol. The summed E-state index contributed by atoms with van der Waals surface area (Å²) in [6, 6.07) is 167. The van der Waals surface area contributed by atoms with Crippen molar-refractivity contribution in [2.24, 2.45) is 0 Å². The Morgan fingerprint density at radius 3 is 0.839 bits per heavy atom. The van der Waals surface area contributed by atoms with Gasteiger partial charge in [-0.25, -0.2) is 34.9 Å². The molecule has 0 spiro atoms.